The van der Waals surface area contributed by atoms with Crippen molar-refractivity contribution in [3.8, 4) is 6.07 Å². The maximum atomic E-state index is 10.7. The maximum Gasteiger partial charge on any atom is 0.310 e. The fraction of sp³-hybridized carbons (Fsp3) is 0.333. The van der Waals surface area contributed by atoms with Crippen LogP contribution in [-0.4, -0.2) is 15.9 Å². The lowest BCUT2D eigenvalue weighted by Gasteiger charge is -2.11. The smallest absolute Gasteiger partial charge is 0.310 e. The van der Waals surface area contributed by atoms with Crippen molar-refractivity contribution in [1.82, 2.24) is 4.98 Å². The highest BCUT2D eigenvalue weighted by Crippen LogP contribution is 2.26. The van der Waals surface area contributed by atoms with E-state index in [1.807, 2.05) is 6.07 Å². The Bertz CT molecular complexity index is 444. The van der Waals surface area contributed by atoms with Crippen molar-refractivity contribution in [2.75, 3.05) is 5.32 Å². The van der Waals surface area contributed by atoms with Crippen LogP contribution in [0.25, 0.3) is 0 Å². The minimum atomic E-state index is -0.551. The molecule has 0 bridgehead atoms. The van der Waals surface area contributed by atoms with Crippen LogP contribution in [0, 0.1) is 21.4 Å². The summed E-state index contributed by atoms with van der Waals surface area (Å²) in [6, 6.07) is 3.15. The Morgan fingerprint density at radius 2 is 2.50 bits per heavy atom. The molecule has 0 saturated heterocycles. The Morgan fingerprint density at radius 1 is 1.81 bits per heavy atom. The molecule has 0 aromatic carbocycles. The molecule has 1 heterocycles. The molecule has 0 spiro atoms. The van der Waals surface area contributed by atoms with E-state index in [0.29, 0.717) is 0 Å². The van der Waals surface area contributed by atoms with E-state index in [9.17, 15) is 10.1 Å². The molecule has 84 valence electrons. The van der Waals surface area contributed by atoms with Crippen LogP contribution in [0.4, 0.5) is 11.4 Å². The Labute approximate surface area is 97.0 Å². The number of pyridine rings is 1. The average molecular weight is 241 g/mol. The van der Waals surface area contributed by atoms with E-state index >= 15 is 0 Å². The summed E-state index contributed by atoms with van der Waals surface area (Å²) in [6.07, 6.45) is 1.33. The van der Waals surface area contributed by atoms with Crippen LogP contribution >= 0.6 is 11.6 Å². The molecule has 0 fully saturated rings. The van der Waals surface area contributed by atoms with Gasteiger partial charge in [-0.2, -0.15) is 5.26 Å². The topological polar surface area (TPSA) is 91.8 Å². The normalized spacial score (nSPS) is 11.6. The van der Waals surface area contributed by atoms with E-state index in [4.69, 9.17) is 16.9 Å². The van der Waals surface area contributed by atoms with Crippen LogP contribution in [0.15, 0.2) is 12.3 Å². The molecule has 16 heavy (non-hydrogen) atoms. The second-order valence-electron chi connectivity index (χ2n) is 3.19. The third-order valence-electron chi connectivity index (χ3n) is 1.85. The number of anilines is 1. The van der Waals surface area contributed by atoms with Crippen molar-refractivity contribution in [2.24, 2.45) is 0 Å². The molecule has 7 heteroatoms. The van der Waals surface area contributed by atoms with Gasteiger partial charge in [0.15, 0.2) is 0 Å². The summed E-state index contributed by atoms with van der Waals surface area (Å²) in [5.74, 6) is 0. The Morgan fingerprint density at radius 3 is 3.06 bits per heavy atom. The van der Waals surface area contributed by atoms with E-state index in [1.165, 1.54) is 6.07 Å². The van der Waals surface area contributed by atoms with E-state index in [-0.39, 0.29) is 29.0 Å². The molecule has 0 aliphatic rings. The van der Waals surface area contributed by atoms with E-state index in [2.05, 4.69) is 10.3 Å². The highest BCUT2D eigenvalue weighted by Gasteiger charge is 2.16. The molecule has 1 N–H and O–H groups in total. The van der Waals surface area contributed by atoms with Crippen LogP contribution < -0.4 is 5.32 Å². The van der Waals surface area contributed by atoms with Crippen molar-refractivity contribution in [1.29, 1.82) is 5.26 Å². The first-order chi connectivity index (χ1) is 7.54. The van der Waals surface area contributed by atoms with Crippen molar-refractivity contribution in [3.05, 3.63) is 27.5 Å². The fourth-order valence-electron chi connectivity index (χ4n) is 1.14. The first kappa shape index (κ1) is 12.2. The van der Waals surface area contributed by atoms with Gasteiger partial charge in [-0.05, 0) is 6.92 Å². The van der Waals surface area contributed by atoms with Crippen LogP contribution in [0.3, 0.4) is 0 Å². The predicted octanol–water partition coefficient (Wildman–Crippen LogP) is 2.36. The largest absolute Gasteiger partial charge is 0.376 e. The Kier molecular flexibility index (Phi) is 4.03. The number of nitrogens with one attached hydrogen (secondary N) is 1. The van der Waals surface area contributed by atoms with Gasteiger partial charge in [0.1, 0.15) is 17.0 Å². The summed E-state index contributed by atoms with van der Waals surface area (Å²) in [5, 5.41) is 22.2. The molecule has 1 aromatic heterocycles. The van der Waals surface area contributed by atoms with Crippen LogP contribution in [0.5, 0.6) is 0 Å². The molecular formula is C9H9ClN4O2. The van der Waals surface area contributed by atoms with Gasteiger partial charge in [0.2, 0.25) is 0 Å². The third kappa shape index (κ3) is 3.07. The lowest BCUT2D eigenvalue weighted by Crippen LogP contribution is -2.15. The average Bonchev–Trinajstić information content (AvgIpc) is 2.17. The summed E-state index contributed by atoms with van der Waals surface area (Å²) in [5.41, 5.74) is 0.113. The number of nitriles is 1. The maximum absolute atomic E-state index is 10.7. The standard InChI is InChI=1S/C9H9ClN4O2/c1-6(2-3-11)13-7-4-9(10)12-5-8(7)14(15)16/h4-6H,2H2,1H3,(H,12,13). The van der Waals surface area contributed by atoms with Gasteiger partial charge < -0.3 is 5.32 Å². The molecular weight excluding hydrogens is 232 g/mol. The first-order valence-electron chi connectivity index (χ1n) is 4.48. The quantitative estimate of drug-likeness (QED) is 0.495. The highest BCUT2D eigenvalue weighted by molar-refractivity contribution is 6.29. The predicted molar refractivity (Wildman–Crippen MR) is 59.2 cm³/mol. The lowest BCUT2D eigenvalue weighted by molar-refractivity contribution is -0.384. The summed E-state index contributed by atoms with van der Waals surface area (Å²) in [6.45, 7) is 1.75. The lowest BCUT2D eigenvalue weighted by atomic mass is 10.2. The number of hydrogen-bond acceptors (Lipinski definition) is 5. The van der Waals surface area contributed by atoms with Gasteiger partial charge in [0.25, 0.3) is 0 Å². The van der Waals surface area contributed by atoms with Gasteiger partial charge in [-0.25, -0.2) is 4.98 Å². The number of rotatable bonds is 4. The zero-order chi connectivity index (χ0) is 12.1. The van der Waals surface area contributed by atoms with E-state index in [0.717, 1.165) is 6.20 Å². The zero-order valence-electron chi connectivity index (χ0n) is 8.48. The number of halogens is 1. The minimum Gasteiger partial charge on any atom is -0.376 e. The van der Waals surface area contributed by atoms with Crippen molar-refractivity contribution >= 4 is 23.0 Å². The SMILES string of the molecule is CC(CC#N)Nc1cc(Cl)ncc1[N+](=O)[O-]. The molecule has 0 amide bonds. The summed E-state index contributed by atoms with van der Waals surface area (Å²) in [7, 11) is 0. The molecule has 0 saturated carbocycles. The van der Waals surface area contributed by atoms with Gasteiger partial charge >= 0.3 is 5.69 Å². The summed E-state index contributed by atoms with van der Waals surface area (Å²) in [4.78, 5) is 13.8. The Hall–Kier alpha value is -1.87. The fourth-order valence-corrected chi connectivity index (χ4v) is 1.30. The van der Waals surface area contributed by atoms with Crippen LogP contribution in [-0.2, 0) is 0 Å². The molecule has 0 aliphatic carbocycles. The van der Waals surface area contributed by atoms with Crippen molar-refractivity contribution in [3.63, 3.8) is 0 Å². The van der Waals surface area contributed by atoms with Gasteiger partial charge in [-0.1, -0.05) is 11.6 Å². The van der Waals surface area contributed by atoms with Gasteiger partial charge in [-0.15, -0.1) is 0 Å². The molecule has 1 aromatic rings. The monoisotopic (exact) mass is 240 g/mol. The van der Waals surface area contributed by atoms with E-state index in [1.54, 1.807) is 6.92 Å². The van der Waals surface area contributed by atoms with Crippen LogP contribution in [0.1, 0.15) is 13.3 Å². The second-order valence-corrected chi connectivity index (χ2v) is 3.58. The summed E-state index contributed by atoms with van der Waals surface area (Å²) < 4.78 is 0. The minimum absolute atomic E-state index is 0.158. The number of hydrogen-bond donors (Lipinski definition) is 1. The zero-order valence-corrected chi connectivity index (χ0v) is 9.23. The number of aromatic nitrogens is 1. The highest BCUT2D eigenvalue weighted by atomic mass is 35.5. The third-order valence-corrected chi connectivity index (χ3v) is 2.05. The number of nitrogens with zero attached hydrogens (tertiary/aromatic N) is 3. The van der Waals surface area contributed by atoms with Gasteiger partial charge in [0.05, 0.1) is 17.4 Å². The molecule has 1 atom stereocenters. The molecule has 0 radical (unpaired) electrons. The van der Waals surface area contributed by atoms with Crippen LogP contribution in [0.2, 0.25) is 5.15 Å². The second kappa shape index (κ2) is 5.28. The summed E-state index contributed by atoms with van der Waals surface area (Å²) >= 11 is 5.64. The molecule has 1 rings (SSSR count). The first-order valence-corrected chi connectivity index (χ1v) is 4.85. The molecule has 0 aliphatic heterocycles. The van der Waals surface area contributed by atoms with E-state index < -0.39 is 4.92 Å². The van der Waals surface area contributed by atoms with Crippen molar-refractivity contribution < 1.29 is 4.92 Å². The van der Waals surface area contributed by atoms with Crippen molar-refractivity contribution in [2.45, 2.75) is 19.4 Å². The Balaban J connectivity index is 2.97. The molecule has 1 unspecified atom stereocenters. The van der Waals surface area contributed by atoms with Gasteiger partial charge in [0, 0.05) is 12.1 Å². The number of nitro groups is 1. The van der Waals surface area contributed by atoms with Gasteiger partial charge in [-0.3, -0.25) is 10.1 Å². The molecule has 6 nitrogen and oxygen atoms in total.